The number of aliphatic hydroxyl groups is 1. The highest BCUT2D eigenvalue weighted by Gasteiger charge is 2.29. The number of carbonyl (C=O) groups is 2. The van der Waals surface area contributed by atoms with Crippen molar-refractivity contribution in [1.29, 1.82) is 0 Å². The quantitative estimate of drug-likeness (QED) is 0.946. The zero-order valence-electron chi connectivity index (χ0n) is 13.4. The minimum absolute atomic E-state index is 0.0337. The molecule has 4 nitrogen and oxygen atoms in total. The zero-order valence-corrected chi connectivity index (χ0v) is 13.4. The first kappa shape index (κ1) is 15.1. The maximum Gasteiger partial charge on any atom is 0.227 e. The van der Waals surface area contributed by atoms with Gasteiger partial charge in [-0.25, -0.2) is 0 Å². The number of ketones is 1. The van der Waals surface area contributed by atoms with Crippen molar-refractivity contribution in [2.24, 2.45) is 5.92 Å². The lowest BCUT2D eigenvalue weighted by Gasteiger charge is -2.17. The van der Waals surface area contributed by atoms with Gasteiger partial charge in [0, 0.05) is 43.2 Å². The standard InChI is InChI=1S/C20H19NO3/c22-12-13-9-20(24)21(11-13)17-5-1-14(2-6-17)15-3-7-18-16(10-15)4-8-19(18)23/h1-3,5-7,10,13,22H,4,8-9,11-12H2. The molecule has 0 bridgehead atoms. The Morgan fingerprint density at radius 3 is 2.46 bits per heavy atom. The number of aliphatic hydroxyl groups excluding tert-OH is 1. The Morgan fingerprint density at radius 1 is 1.00 bits per heavy atom. The van der Waals surface area contributed by atoms with E-state index in [1.807, 2.05) is 36.4 Å². The summed E-state index contributed by atoms with van der Waals surface area (Å²) in [5.74, 6) is 0.335. The lowest BCUT2D eigenvalue weighted by Crippen LogP contribution is -2.24. The SMILES string of the molecule is O=C1CCc2cc(-c3ccc(N4CC(CO)CC4=O)cc3)ccc21. The first-order valence-electron chi connectivity index (χ1n) is 8.33. The summed E-state index contributed by atoms with van der Waals surface area (Å²) in [6.45, 7) is 0.629. The molecule has 1 fully saturated rings. The molecule has 0 aromatic heterocycles. The predicted octanol–water partition coefficient (Wildman–Crippen LogP) is 2.83. The van der Waals surface area contributed by atoms with Crippen LogP contribution in [0.2, 0.25) is 0 Å². The van der Waals surface area contributed by atoms with Gasteiger partial charge < -0.3 is 10.0 Å². The maximum absolute atomic E-state index is 12.0. The van der Waals surface area contributed by atoms with E-state index in [0.717, 1.165) is 34.4 Å². The number of aryl methyl sites for hydroxylation is 1. The molecule has 24 heavy (non-hydrogen) atoms. The number of hydrogen-bond acceptors (Lipinski definition) is 3. The van der Waals surface area contributed by atoms with Crippen molar-refractivity contribution in [3.8, 4) is 11.1 Å². The van der Waals surface area contributed by atoms with Gasteiger partial charge in [-0.05, 0) is 35.2 Å². The van der Waals surface area contributed by atoms with E-state index < -0.39 is 0 Å². The summed E-state index contributed by atoms with van der Waals surface area (Å²) in [5, 5.41) is 9.23. The van der Waals surface area contributed by atoms with Crippen LogP contribution < -0.4 is 4.90 Å². The van der Waals surface area contributed by atoms with Crippen molar-refractivity contribution in [2.75, 3.05) is 18.1 Å². The number of Topliss-reactive ketones (excluding diaryl/α,β-unsaturated/α-hetero) is 1. The summed E-state index contributed by atoms with van der Waals surface area (Å²) in [4.78, 5) is 25.5. The number of hydrogen-bond donors (Lipinski definition) is 1. The molecular weight excluding hydrogens is 302 g/mol. The van der Waals surface area contributed by atoms with E-state index in [1.54, 1.807) is 4.90 Å². The van der Waals surface area contributed by atoms with Crippen molar-refractivity contribution in [1.82, 2.24) is 0 Å². The molecule has 1 atom stereocenters. The number of anilines is 1. The molecule has 0 spiro atoms. The average Bonchev–Trinajstić information content (AvgIpc) is 3.18. The van der Waals surface area contributed by atoms with Crippen LogP contribution in [-0.4, -0.2) is 29.9 Å². The largest absolute Gasteiger partial charge is 0.396 e. The molecule has 122 valence electrons. The molecule has 4 heteroatoms. The fourth-order valence-electron chi connectivity index (χ4n) is 3.62. The molecule has 2 aliphatic rings. The van der Waals surface area contributed by atoms with Gasteiger partial charge >= 0.3 is 0 Å². The van der Waals surface area contributed by atoms with Crippen LogP contribution >= 0.6 is 0 Å². The van der Waals surface area contributed by atoms with Gasteiger partial charge in [-0.2, -0.15) is 0 Å². The van der Waals surface area contributed by atoms with E-state index in [-0.39, 0.29) is 24.2 Å². The Kier molecular flexibility index (Phi) is 3.69. The summed E-state index contributed by atoms with van der Waals surface area (Å²) in [6.07, 6.45) is 1.85. The predicted molar refractivity (Wildman–Crippen MR) is 92.1 cm³/mol. The zero-order chi connectivity index (χ0) is 16.7. The van der Waals surface area contributed by atoms with E-state index >= 15 is 0 Å². The molecule has 1 saturated heterocycles. The highest BCUT2D eigenvalue weighted by Crippen LogP contribution is 2.30. The molecule has 0 saturated carbocycles. The molecule has 1 aliphatic heterocycles. The normalized spacial score (nSPS) is 19.9. The fraction of sp³-hybridized carbons (Fsp3) is 0.300. The van der Waals surface area contributed by atoms with Crippen LogP contribution in [-0.2, 0) is 11.2 Å². The second kappa shape index (κ2) is 5.87. The number of rotatable bonds is 3. The van der Waals surface area contributed by atoms with Crippen LogP contribution in [0.15, 0.2) is 42.5 Å². The maximum atomic E-state index is 12.0. The van der Waals surface area contributed by atoms with Gasteiger partial charge in [0.2, 0.25) is 5.91 Å². The van der Waals surface area contributed by atoms with Crippen LogP contribution in [0.25, 0.3) is 11.1 Å². The Labute approximate surface area is 140 Å². The third-order valence-corrected chi connectivity index (χ3v) is 5.00. The monoisotopic (exact) mass is 321 g/mol. The summed E-state index contributed by atoms with van der Waals surface area (Å²) in [6, 6.07) is 13.9. The van der Waals surface area contributed by atoms with Crippen molar-refractivity contribution >= 4 is 17.4 Å². The molecule has 1 N–H and O–H groups in total. The minimum atomic E-state index is 0.0337. The number of fused-ring (bicyclic) bond motifs is 1. The average molecular weight is 321 g/mol. The van der Waals surface area contributed by atoms with Gasteiger partial charge in [-0.3, -0.25) is 9.59 Å². The van der Waals surface area contributed by atoms with Gasteiger partial charge in [-0.15, -0.1) is 0 Å². The van der Waals surface area contributed by atoms with Crippen LogP contribution in [0.1, 0.15) is 28.8 Å². The summed E-state index contributed by atoms with van der Waals surface area (Å²) in [5.41, 5.74) is 5.02. The van der Waals surface area contributed by atoms with Gasteiger partial charge in [0.05, 0.1) is 0 Å². The fourth-order valence-corrected chi connectivity index (χ4v) is 3.62. The van der Waals surface area contributed by atoms with Crippen molar-refractivity contribution in [2.45, 2.75) is 19.3 Å². The molecule has 0 radical (unpaired) electrons. The smallest absolute Gasteiger partial charge is 0.227 e. The summed E-state index contributed by atoms with van der Waals surface area (Å²) < 4.78 is 0. The molecule has 2 aromatic rings. The van der Waals surface area contributed by atoms with E-state index in [9.17, 15) is 14.7 Å². The van der Waals surface area contributed by atoms with Gasteiger partial charge in [0.15, 0.2) is 5.78 Å². The third-order valence-electron chi connectivity index (χ3n) is 5.00. The number of benzene rings is 2. The molecule has 1 aliphatic carbocycles. The van der Waals surface area contributed by atoms with E-state index in [4.69, 9.17) is 0 Å². The van der Waals surface area contributed by atoms with Crippen molar-refractivity contribution in [3.63, 3.8) is 0 Å². The van der Waals surface area contributed by atoms with Crippen molar-refractivity contribution < 1.29 is 14.7 Å². The molecular formula is C20H19NO3. The molecule has 2 aromatic carbocycles. The Bertz CT molecular complexity index is 810. The molecule has 4 rings (SSSR count). The van der Waals surface area contributed by atoms with Crippen molar-refractivity contribution in [3.05, 3.63) is 53.6 Å². The number of carbonyl (C=O) groups excluding carboxylic acids is 2. The first-order valence-corrected chi connectivity index (χ1v) is 8.33. The second-order valence-corrected chi connectivity index (χ2v) is 6.60. The highest BCUT2D eigenvalue weighted by atomic mass is 16.3. The van der Waals surface area contributed by atoms with E-state index in [2.05, 4.69) is 6.07 Å². The van der Waals surface area contributed by atoms with E-state index in [1.165, 1.54) is 0 Å². The van der Waals surface area contributed by atoms with Crippen LogP contribution in [0.5, 0.6) is 0 Å². The van der Waals surface area contributed by atoms with E-state index in [0.29, 0.717) is 19.4 Å². The molecule has 1 unspecified atom stereocenters. The van der Waals surface area contributed by atoms with Crippen LogP contribution in [0.3, 0.4) is 0 Å². The van der Waals surface area contributed by atoms with Gasteiger partial charge in [0.25, 0.3) is 0 Å². The van der Waals surface area contributed by atoms with Gasteiger partial charge in [-0.1, -0.05) is 30.3 Å². The Balaban J connectivity index is 1.58. The summed E-state index contributed by atoms with van der Waals surface area (Å²) >= 11 is 0. The Morgan fingerprint density at radius 2 is 1.75 bits per heavy atom. The first-order chi connectivity index (χ1) is 11.7. The summed E-state index contributed by atoms with van der Waals surface area (Å²) in [7, 11) is 0. The highest BCUT2D eigenvalue weighted by molar-refractivity contribution is 6.01. The van der Waals surface area contributed by atoms with Gasteiger partial charge in [0.1, 0.15) is 0 Å². The lowest BCUT2D eigenvalue weighted by atomic mass is 10.00. The second-order valence-electron chi connectivity index (χ2n) is 6.60. The van der Waals surface area contributed by atoms with Crippen LogP contribution in [0.4, 0.5) is 5.69 Å². The topological polar surface area (TPSA) is 57.6 Å². The molecule has 1 amide bonds. The minimum Gasteiger partial charge on any atom is -0.396 e. The van der Waals surface area contributed by atoms with Crippen LogP contribution in [0, 0.1) is 5.92 Å². The Hall–Kier alpha value is -2.46. The number of nitrogens with zero attached hydrogens (tertiary/aromatic N) is 1. The molecule has 1 heterocycles. The number of amides is 1. The lowest BCUT2D eigenvalue weighted by molar-refractivity contribution is -0.117. The third kappa shape index (κ3) is 2.53.